The fourth-order valence-electron chi connectivity index (χ4n) is 4.09. The molecule has 1 aliphatic carbocycles. The molecular weight excluding hydrogens is 402 g/mol. The summed E-state index contributed by atoms with van der Waals surface area (Å²) in [5, 5.41) is 11.5. The third-order valence-electron chi connectivity index (χ3n) is 5.73. The number of carbonyl (C=O) groups is 1. The van der Waals surface area contributed by atoms with Gasteiger partial charge < -0.3 is 35.1 Å². The minimum Gasteiger partial charge on any atom is -0.449 e. The van der Waals surface area contributed by atoms with Crippen LogP contribution in [0.2, 0.25) is 0 Å². The van der Waals surface area contributed by atoms with Gasteiger partial charge in [-0.05, 0) is 19.9 Å². The number of rotatable bonds is 5. The normalized spacial score (nSPS) is 21.4. The predicted molar refractivity (Wildman–Crippen MR) is 105 cm³/mol. The molecule has 0 spiro atoms. The summed E-state index contributed by atoms with van der Waals surface area (Å²) in [5.41, 5.74) is 3.94. The van der Waals surface area contributed by atoms with E-state index >= 15 is 8.78 Å². The summed E-state index contributed by atoms with van der Waals surface area (Å²) in [7, 11) is 3.26. The van der Waals surface area contributed by atoms with Crippen molar-refractivity contribution in [3.05, 3.63) is 28.1 Å². The fourth-order valence-corrected chi connectivity index (χ4v) is 4.09. The van der Waals surface area contributed by atoms with Gasteiger partial charge in [0.25, 0.3) is 0 Å². The average molecular weight is 424 g/mol. The lowest BCUT2D eigenvalue weighted by molar-refractivity contribution is 0.0996. The number of anilines is 2. The van der Waals surface area contributed by atoms with Gasteiger partial charge in [-0.25, -0.2) is 13.6 Å². The van der Waals surface area contributed by atoms with Crippen molar-refractivity contribution in [2.45, 2.75) is 31.0 Å². The Kier molecular flexibility index (Phi) is 5.02. The first kappa shape index (κ1) is 20.4. The van der Waals surface area contributed by atoms with E-state index in [-0.39, 0.29) is 42.5 Å². The lowest BCUT2D eigenvalue weighted by Gasteiger charge is -2.23. The molecule has 2 aliphatic rings. The molecule has 4 N–H and O–H groups in total. The number of ether oxygens (including phenoxy) is 2. The maximum absolute atomic E-state index is 15.7. The van der Waals surface area contributed by atoms with Crippen molar-refractivity contribution in [2.75, 3.05) is 37.9 Å². The highest BCUT2D eigenvalue weighted by Gasteiger charge is 2.37. The Morgan fingerprint density at radius 3 is 2.53 bits per heavy atom. The third-order valence-corrected chi connectivity index (χ3v) is 5.73. The summed E-state index contributed by atoms with van der Waals surface area (Å²) in [6, 6.07) is -0.311. The standard InChI is InChI=1S/C19H22F2N4O5/c1-23-9-5-24(6-10(9)29-2)17-13(20)15(22)12-16(14(17)21)25(8-3-4-8)7-11(18(12)26)30-19(27)28/h7-10,23H,3-6,22H2,1-2H3,(H,27,28)/t9-,10+/m0/s1. The topological polar surface area (TPSA) is 119 Å². The first-order chi connectivity index (χ1) is 14.3. The van der Waals surface area contributed by atoms with Gasteiger partial charge in [0.05, 0.1) is 34.9 Å². The number of benzene rings is 1. The molecule has 1 saturated carbocycles. The second-order valence-electron chi connectivity index (χ2n) is 7.52. The zero-order chi connectivity index (χ0) is 21.7. The maximum atomic E-state index is 15.7. The monoisotopic (exact) mass is 424 g/mol. The molecule has 1 aromatic heterocycles. The molecule has 11 heteroatoms. The molecule has 0 amide bonds. The highest BCUT2D eigenvalue weighted by Crippen LogP contribution is 2.42. The molecule has 0 bridgehead atoms. The first-order valence-corrected chi connectivity index (χ1v) is 9.49. The Morgan fingerprint density at radius 1 is 1.30 bits per heavy atom. The van der Waals surface area contributed by atoms with E-state index in [9.17, 15) is 9.59 Å². The van der Waals surface area contributed by atoms with Crippen molar-refractivity contribution in [1.82, 2.24) is 9.88 Å². The van der Waals surface area contributed by atoms with Crippen molar-refractivity contribution in [1.29, 1.82) is 0 Å². The van der Waals surface area contributed by atoms with Gasteiger partial charge in [0, 0.05) is 26.2 Å². The predicted octanol–water partition coefficient (Wildman–Crippen LogP) is 1.68. The van der Waals surface area contributed by atoms with Crippen molar-refractivity contribution in [3.8, 4) is 5.75 Å². The Hall–Kier alpha value is -2.92. The van der Waals surface area contributed by atoms with Gasteiger partial charge in [0.2, 0.25) is 5.43 Å². The molecule has 1 aliphatic heterocycles. The highest BCUT2D eigenvalue weighted by atomic mass is 19.1. The highest BCUT2D eigenvalue weighted by molar-refractivity contribution is 5.96. The zero-order valence-corrected chi connectivity index (χ0v) is 16.4. The summed E-state index contributed by atoms with van der Waals surface area (Å²) >= 11 is 0. The van der Waals surface area contributed by atoms with E-state index in [1.807, 2.05) is 0 Å². The minimum atomic E-state index is -1.70. The largest absolute Gasteiger partial charge is 0.511 e. The van der Waals surface area contributed by atoms with Crippen LogP contribution in [0.15, 0.2) is 11.0 Å². The molecule has 2 fully saturated rings. The molecule has 2 aromatic rings. The summed E-state index contributed by atoms with van der Waals surface area (Å²) in [6.07, 6.45) is 0.564. The summed E-state index contributed by atoms with van der Waals surface area (Å²) < 4.78 is 42.3. The van der Waals surface area contributed by atoms with Crippen molar-refractivity contribution >= 4 is 28.4 Å². The molecule has 1 saturated heterocycles. The number of carboxylic acid groups (broad SMARTS) is 1. The van der Waals surface area contributed by atoms with E-state index in [0.717, 1.165) is 6.20 Å². The molecule has 0 unspecified atom stereocenters. The SMILES string of the molecule is CN[C@H]1CN(c2c(F)c(N)c3c(=O)c(OC(=O)O)cn(C4CC4)c3c2F)C[C@H]1OC. The van der Waals surface area contributed by atoms with Crippen molar-refractivity contribution in [3.63, 3.8) is 0 Å². The number of nitrogens with two attached hydrogens (primary N) is 1. The maximum Gasteiger partial charge on any atom is 0.511 e. The Morgan fingerprint density at radius 2 is 2.00 bits per heavy atom. The van der Waals surface area contributed by atoms with Crippen LogP contribution in [0.5, 0.6) is 5.75 Å². The van der Waals surface area contributed by atoms with Crippen LogP contribution in [-0.2, 0) is 4.74 Å². The molecule has 0 radical (unpaired) electrons. The number of nitrogens with zero attached hydrogens (tertiary/aromatic N) is 2. The molecule has 9 nitrogen and oxygen atoms in total. The molecular formula is C19H22F2N4O5. The van der Waals surface area contributed by atoms with E-state index in [2.05, 4.69) is 10.1 Å². The molecule has 1 aromatic carbocycles. The Balaban J connectivity index is 1.96. The number of fused-ring (bicyclic) bond motifs is 1. The van der Waals surface area contributed by atoms with E-state index in [4.69, 9.17) is 15.6 Å². The molecule has 2 heterocycles. The van der Waals surface area contributed by atoms with Crippen LogP contribution >= 0.6 is 0 Å². The van der Waals surface area contributed by atoms with Crippen LogP contribution in [0, 0.1) is 11.6 Å². The summed E-state index contributed by atoms with van der Waals surface area (Å²) in [6.45, 7) is 0.510. The minimum absolute atomic E-state index is 0.150. The molecule has 30 heavy (non-hydrogen) atoms. The number of methoxy groups -OCH3 is 1. The number of hydrogen-bond acceptors (Lipinski definition) is 7. The van der Waals surface area contributed by atoms with Gasteiger partial charge in [0.15, 0.2) is 17.4 Å². The number of pyridine rings is 1. The van der Waals surface area contributed by atoms with Gasteiger partial charge in [-0.15, -0.1) is 0 Å². The van der Waals surface area contributed by atoms with Crippen LogP contribution in [-0.4, -0.2) is 55.2 Å². The molecule has 2 atom stereocenters. The number of hydrogen-bond donors (Lipinski definition) is 3. The van der Waals surface area contributed by atoms with Crippen LogP contribution < -0.4 is 26.1 Å². The van der Waals surface area contributed by atoms with Gasteiger partial charge in [-0.1, -0.05) is 0 Å². The average Bonchev–Trinajstić information content (AvgIpc) is 3.46. The summed E-state index contributed by atoms with van der Waals surface area (Å²) in [4.78, 5) is 25.2. The fraction of sp³-hybridized carbons (Fsp3) is 0.474. The zero-order valence-electron chi connectivity index (χ0n) is 16.4. The second-order valence-corrected chi connectivity index (χ2v) is 7.52. The number of nitrogen functional groups attached to an aromatic ring is 1. The van der Waals surface area contributed by atoms with Gasteiger partial charge in [-0.2, -0.15) is 0 Å². The van der Waals surface area contributed by atoms with E-state index in [0.29, 0.717) is 12.8 Å². The van der Waals surface area contributed by atoms with Crippen molar-refractivity contribution < 1.29 is 28.2 Å². The lowest BCUT2D eigenvalue weighted by Crippen LogP contribution is -2.37. The van der Waals surface area contributed by atoms with E-state index in [1.54, 1.807) is 7.05 Å². The van der Waals surface area contributed by atoms with E-state index < -0.39 is 40.0 Å². The summed E-state index contributed by atoms with van der Waals surface area (Å²) in [5.74, 6) is -2.54. The number of aromatic nitrogens is 1. The Labute approximate surface area is 170 Å². The van der Waals surface area contributed by atoms with Gasteiger partial charge in [-0.3, -0.25) is 4.79 Å². The lowest BCUT2D eigenvalue weighted by atomic mass is 10.1. The Bertz CT molecular complexity index is 1070. The van der Waals surface area contributed by atoms with Crippen LogP contribution in [0.25, 0.3) is 10.9 Å². The van der Waals surface area contributed by atoms with Gasteiger partial charge in [0.1, 0.15) is 5.69 Å². The third kappa shape index (κ3) is 3.14. The molecule has 4 rings (SSSR count). The van der Waals surface area contributed by atoms with Crippen LogP contribution in [0.3, 0.4) is 0 Å². The number of nitrogens with one attached hydrogen (secondary N) is 1. The number of likely N-dealkylation sites (N-methyl/N-ethyl adjacent to an activating group) is 1. The van der Waals surface area contributed by atoms with Crippen LogP contribution in [0.1, 0.15) is 18.9 Å². The van der Waals surface area contributed by atoms with Gasteiger partial charge >= 0.3 is 6.16 Å². The molecule has 162 valence electrons. The van der Waals surface area contributed by atoms with Crippen molar-refractivity contribution in [2.24, 2.45) is 0 Å². The quantitative estimate of drug-likeness (QED) is 0.490. The van der Waals surface area contributed by atoms with Crippen LogP contribution in [0.4, 0.5) is 25.0 Å². The number of halogens is 2. The smallest absolute Gasteiger partial charge is 0.449 e. The first-order valence-electron chi connectivity index (χ1n) is 9.49. The van der Waals surface area contributed by atoms with E-state index in [1.165, 1.54) is 16.6 Å². The second kappa shape index (κ2) is 7.40.